The number of hydrogen-bond acceptors (Lipinski definition) is 6. The van der Waals surface area contributed by atoms with Crippen LogP contribution in [0.15, 0.2) is 55.2 Å². The van der Waals surface area contributed by atoms with E-state index in [2.05, 4.69) is 20.4 Å². The third-order valence-electron chi connectivity index (χ3n) is 3.41. The van der Waals surface area contributed by atoms with Crippen LogP contribution in [0.1, 0.15) is 18.5 Å². The zero-order chi connectivity index (χ0) is 16.2. The summed E-state index contributed by atoms with van der Waals surface area (Å²) in [5.74, 6) is 0.255. The highest BCUT2D eigenvalue weighted by atomic mass is 16.6. The van der Waals surface area contributed by atoms with Crippen LogP contribution in [0, 0.1) is 10.1 Å². The quantitative estimate of drug-likeness (QED) is 0.574. The molecule has 0 fully saturated rings. The van der Waals surface area contributed by atoms with Gasteiger partial charge in [0.2, 0.25) is 5.82 Å². The zero-order valence-electron chi connectivity index (χ0n) is 12.3. The summed E-state index contributed by atoms with van der Waals surface area (Å²) in [4.78, 5) is 18.5. The SMILES string of the molecule is C[C@@H](Nc1ncccc1[N+](=O)[O-])c1ccc(-n2cncn2)cc1. The normalized spacial score (nSPS) is 11.9. The molecule has 8 nitrogen and oxygen atoms in total. The first-order chi connectivity index (χ1) is 11.1. The molecule has 0 saturated heterocycles. The molecule has 8 heteroatoms. The molecule has 0 amide bonds. The Hall–Kier alpha value is -3.29. The molecule has 116 valence electrons. The first kappa shape index (κ1) is 14.6. The van der Waals surface area contributed by atoms with Gasteiger partial charge >= 0.3 is 5.69 Å². The van der Waals surface area contributed by atoms with Crippen molar-refractivity contribution in [2.75, 3.05) is 5.32 Å². The molecule has 1 N–H and O–H groups in total. The van der Waals surface area contributed by atoms with E-state index in [4.69, 9.17) is 0 Å². The number of anilines is 1. The second-order valence-corrected chi connectivity index (χ2v) is 4.93. The van der Waals surface area contributed by atoms with Gasteiger partial charge < -0.3 is 5.32 Å². The number of nitrogens with one attached hydrogen (secondary N) is 1. The minimum absolute atomic E-state index is 0.0430. The molecule has 0 bridgehead atoms. The highest BCUT2D eigenvalue weighted by Crippen LogP contribution is 2.25. The van der Waals surface area contributed by atoms with Crippen LogP contribution < -0.4 is 5.32 Å². The molecule has 23 heavy (non-hydrogen) atoms. The maximum atomic E-state index is 11.0. The number of nitro groups is 1. The summed E-state index contributed by atoms with van der Waals surface area (Å²) in [6.45, 7) is 1.92. The van der Waals surface area contributed by atoms with E-state index in [0.717, 1.165) is 11.3 Å². The van der Waals surface area contributed by atoms with E-state index in [0.29, 0.717) is 0 Å². The zero-order valence-corrected chi connectivity index (χ0v) is 12.3. The second-order valence-electron chi connectivity index (χ2n) is 4.93. The molecule has 0 aliphatic heterocycles. The van der Waals surface area contributed by atoms with Gasteiger partial charge in [-0.15, -0.1) is 0 Å². The van der Waals surface area contributed by atoms with Crippen LogP contribution in [0.5, 0.6) is 0 Å². The fraction of sp³-hybridized carbons (Fsp3) is 0.133. The Bertz CT molecular complexity index is 801. The number of benzene rings is 1. The molecule has 0 spiro atoms. The minimum Gasteiger partial charge on any atom is -0.358 e. The standard InChI is InChI=1S/C15H14N6O2/c1-11(19-15-14(21(22)23)3-2-8-17-15)12-4-6-13(7-5-12)20-10-16-9-18-20/h2-11H,1H3,(H,17,19)/t11-/m1/s1. The molecule has 0 saturated carbocycles. The molecule has 2 aromatic heterocycles. The summed E-state index contributed by atoms with van der Waals surface area (Å²) >= 11 is 0. The van der Waals surface area contributed by atoms with Crippen LogP contribution >= 0.6 is 0 Å². The number of hydrogen-bond donors (Lipinski definition) is 1. The molecular formula is C15H14N6O2. The van der Waals surface area contributed by atoms with E-state index in [1.807, 2.05) is 31.2 Å². The van der Waals surface area contributed by atoms with Crippen molar-refractivity contribution in [2.24, 2.45) is 0 Å². The van der Waals surface area contributed by atoms with Gasteiger partial charge in [0.1, 0.15) is 12.7 Å². The largest absolute Gasteiger partial charge is 0.358 e. The lowest BCUT2D eigenvalue weighted by molar-refractivity contribution is -0.384. The van der Waals surface area contributed by atoms with E-state index in [9.17, 15) is 10.1 Å². The Labute approximate surface area is 132 Å². The Morgan fingerprint density at radius 3 is 2.70 bits per heavy atom. The van der Waals surface area contributed by atoms with Crippen LogP contribution in [0.3, 0.4) is 0 Å². The fourth-order valence-electron chi connectivity index (χ4n) is 2.20. The number of aromatic nitrogens is 4. The third-order valence-corrected chi connectivity index (χ3v) is 3.41. The molecule has 3 aromatic rings. The van der Waals surface area contributed by atoms with Crippen molar-refractivity contribution in [1.29, 1.82) is 0 Å². The lowest BCUT2D eigenvalue weighted by Crippen LogP contribution is -2.10. The highest BCUT2D eigenvalue weighted by Gasteiger charge is 2.16. The van der Waals surface area contributed by atoms with Crippen LogP contribution in [0.4, 0.5) is 11.5 Å². The molecule has 0 aliphatic rings. The number of pyridine rings is 1. The first-order valence-corrected chi connectivity index (χ1v) is 6.96. The maximum absolute atomic E-state index is 11.0. The molecule has 3 rings (SSSR count). The van der Waals surface area contributed by atoms with Crippen molar-refractivity contribution >= 4 is 11.5 Å². The number of nitrogens with zero attached hydrogens (tertiary/aromatic N) is 5. The smallest absolute Gasteiger partial charge is 0.311 e. The van der Waals surface area contributed by atoms with Crippen molar-refractivity contribution in [3.8, 4) is 5.69 Å². The summed E-state index contributed by atoms with van der Waals surface area (Å²) in [6.07, 6.45) is 4.61. The summed E-state index contributed by atoms with van der Waals surface area (Å²) in [7, 11) is 0. The van der Waals surface area contributed by atoms with E-state index >= 15 is 0 Å². The number of rotatable bonds is 5. The van der Waals surface area contributed by atoms with Gasteiger partial charge in [-0.1, -0.05) is 12.1 Å². The average molecular weight is 310 g/mol. The molecular weight excluding hydrogens is 296 g/mol. The predicted octanol–water partition coefficient (Wildman–Crippen LogP) is 2.74. The predicted molar refractivity (Wildman–Crippen MR) is 84.3 cm³/mol. The molecule has 2 heterocycles. The first-order valence-electron chi connectivity index (χ1n) is 6.96. The van der Waals surface area contributed by atoms with Gasteiger partial charge in [0.15, 0.2) is 0 Å². The monoisotopic (exact) mass is 310 g/mol. The van der Waals surface area contributed by atoms with Gasteiger partial charge in [0.05, 0.1) is 16.7 Å². The van der Waals surface area contributed by atoms with Crippen molar-refractivity contribution < 1.29 is 4.92 Å². The van der Waals surface area contributed by atoms with Crippen molar-refractivity contribution in [3.05, 3.63) is 70.9 Å². The summed E-state index contributed by atoms with van der Waals surface area (Å²) in [6, 6.07) is 10.5. The van der Waals surface area contributed by atoms with E-state index < -0.39 is 4.92 Å². The average Bonchev–Trinajstić information content (AvgIpc) is 3.10. The maximum Gasteiger partial charge on any atom is 0.311 e. The Morgan fingerprint density at radius 1 is 1.26 bits per heavy atom. The lowest BCUT2D eigenvalue weighted by Gasteiger charge is -2.15. The van der Waals surface area contributed by atoms with Crippen molar-refractivity contribution in [2.45, 2.75) is 13.0 Å². The van der Waals surface area contributed by atoms with E-state index in [-0.39, 0.29) is 17.5 Å². The topological polar surface area (TPSA) is 98.8 Å². The van der Waals surface area contributed by atoms with Crippen LogP contribution in [0.25, 0.3) is 5.69 Å². The molecule has 1 atom stereocenters. The summed E-state index contributed by atoms with van der Waals surface area (Å²) < 4.78 is 1.66. The Balaban J connectivity index is 1.79. The van der Waals surface area contributed by atoms with Gasteiger partial charge in [0.25, 0.3) is 0 Å². The Morgan fingerprint density at radius 2 is 2.04 bits per heavy atom. The van der Waals surface area contributed by atoms with Crippen molar-refractivity contribution in [3.63, 3.8) is 0 Å². The molecule has 1 aromatic carbocycles. The van der Waals surface area contributed by atoms with Gasteiger partial charge in [0, 0.05) is 12.3 Å². The fourth-order valence-corrected chi connectivity index (χ4v) is 2.20. The summed E-state index contributed by atoms with van der Waals surface area (Å²) in [5.41, 5.74) is 1.83. The lowest BCUT2D eigenvalue weighted by atomic mass is 10.1. The molecule has 0 unspecified atom stereocenters. The van der Waals surface area contributed by atoms with Crippen LogP contribution in [0.2, 0.25) is 0 Å². The van der Waals surface area contributed by atoms with Crippen molar-refractivity contribution in [1.82, 2.24) is 19.7 Å². The van der Waals surface area contributed by atoms with E-state index in [1.54, 1.807) is 17.1 Å². The van der Waals surface area contributed by atoms with Gasteiger partial charge in [-0.05, 0) is 30.7 Å². The highest BCUT2D eigenvalue weighted by molar-refractivity contribution is 5.56. The second kappa shape index (κ2) is 6.22. The third kappa shape index (κ3) is 3.15. The van der Waals surface area contributed by atoms with Crippen LogP contribution in [-0.2, 0) is 0 Å². The van der Waals surface area contributed by atoms with Gasteiger partial charge in [-0.2, -0.15) is 5.10 Å². The summed E-state index contributed by atoms with van der Waals surface area (Å²) in [5, 5.41) is 18.2. The molecule has 0 aliphatic carbocycles. The minimum atomic E-state index is -0.449. The van der Waals surface area contributed by atoms with Gasteiger partial charge in [-0.25, -0.2) is 14.6 Å². The van der Waals surface area contributed by atoms with Crippen LogP contribution in [-0.4, -0.2) is 24.7 Å². The van der Waals surface area contributed by atoms with E-state index in [1.165, 1.54) is 18.6 Å². The van der Waals surface area contributed by atoms with Gasteiger partial charge in [-0.3, -0.25) is 10.1 Å². The Kier molecular flexibility index (Phi) is 3.96. The molecule has 0 radical (unpaired) electrons.